The Balaban J connectivity index is 2.84. The van der Waals surface area contributed by atoms with Crippen molar-refractivity contribution in [2.45, 2.75) is 104 Å². The molecule has 0 aromatic carbocycles. The largest absolute Gasteiger partial charge is 0.500 e. The van der Waals surface area contributed by atoms with Crippen LogP contribution in [0.5, 0.6) is 0 Å². The van der Waals surface area contributed by atoms with Crippen molar-refractivity contribution in [2.24, 2.45) is 5.73 Å². The maximum absolute atomic E-state index is 6.61. The van der Waals surface area contributed by atoms with Crippen LogP contribution in [-0.2, 0) is 26.6 Å². The first-order valence-corrected chi connectivity index (χ1v) is 17.6. The Morgan fingerprint density at radius 2 is 0.971 bits per heavy atom. The Bertz CT molecular complexity index is 440. The molecular weight excluding hydrogens is 468 g/mol. The molecule has 0 heterocycles. The number of nitrogens with zero attached hydrogens (tertiary/aromatic N) is 1. The molecule has 8 nitrogen and oxygen atoms in total. The van der Waals surface area contributed by atoms with Gasteiger partial charge in [-0.3, -0.25) is 4.90 Å². The third-order valence-electron chi connectivity index (χ3n) is 6.29. The second kappa shape index (κ2) is 18.4. The first kappa shape index (κ1) is 32.1. The monoisotopic (exact) mass is 522 g/mol. The van der Waals surface area contributed by atoms with E-state index in [1.165, 1.54) is 12.8 Å². The molecule has 0 aliphatic heterocycles. The van der Waals surface area contributed by atoms with E-state index in [2.05, 4.69) is 4.90 Å². The van der Waals surface area contributed by atoms with Gasteiger partial charge in [0.25, 0.3) is 0 Å². The summed E-state index contributed by atoms with van der Waals surface area (Å²) in [4.78, 5) is 2.59. The minimum absolute atomic E-state index is 0.231. The van der Waals surface area contributed by atoms with Crippen LogP contribution in [0.1, 0.15) is 80.1 Å². The molecular formula is C24H54N2O6Si2. The van der Waals surface area contributed by atoms with Crippen molar-refractivity contribution in [1.82, 2.24) is 4.90 Å². The molecule has 0 aromatic rings. The molecule has 10 heteroatoms. The summed E-state index contributed by atoms with van der Waals surface area (Å²) in [5, 5.41) is 0. The van der Waals surface area contributed by atoms with E-state index in [1.807, 2.05) is 41.5 Å². The Hall–Kier alpha value is 0.114. The summed E-state index contributed by atoms with van der Waals surface area (Å²) >= 11 is 0. The Morgan fingerprint density at radius 3 is 1.29 bits per heavy atom. The van der Waals surface area contributed by atoms with Gasteiger partial charge in [-0.1, -0.05) is 12.8 Å². The van der Waals surface area contributed by atoms with E-state index in [9.17, 15) is 0 Å². The lowest BCUT2D eigenvalue weighted by molar-refractivity contribution is 0.0662. The van der Waals surface area contributed by atoms with Crippen LogP contribution in [0.15, 0.2) is 0 Å². The molecule has 0 radical (unpaired) electrons. The van der Waals surface area contributed by atoms with Crippen molar-refractivity contribution in [1.29, 1.82) is 0 Å². The van der Waals surface area contributed by atoms with Gasteiger partial charge >= 0.3 is 17.6 Å². The molecule has 0 spiro atoms. The van der Waals surface area contributed by atoms with Crippen LogP contribution in [-0.4, -0.2) is 87.3 Å². The molecule has 0 saturated heterocycles. The predicted octanol–water partition coefficient (Wildman–Crippen LogP) is 4.44. The van der Waals surface area contributed by atoms with Gasteiger partial charge in [0.05, 0.1) is 0 Å². The van der Waals surface area contributed by atoms with Crippen LogP contribution in [0.4, 0.5) is 0 Å². The number of hydrogen-bond acceptors (Lipinski definition) is 8. The predicted molar refractivity (Wildman–Crippen MR) is 142 cm³/mol. The highest BCUT2D eigenvalue weighted by atomic mass is 28.4. The van der Waals surface area contributed by atoms with E-state index in [0.717, 1.165) is 50.9 Å². The average molecular weight is 523 g/mol. The van der Waals surface area contributed by atoms with Crippen molar-refractivity contribution in [2.75, 3.05) is 52.7 Å². The summed E-state index contributed by atoms with van der Waals surface area (Å²) in [6.07, 6.45) is 6.69. The van der Waals surface area contributed by atoms with Crippen molar-refractivity contribution in [3.63, 3.8) is 0 Å². The van der Waals surface area contributed by atoms with Gasteiger partial charge in [-0.2, -0.15) is 0 Å². The molecule has 0 bridgehead atoms. The molecule has 34 heavy (non-hydrogen) atoms. The zero-order valence-corrected chi connectivity index (χ0v) is 24.9. The lowest BCUT2D eigenvalue weighted by Gasteiger charge is -2.39. The molecule has 1 rings (SSSR count). The second-order valence-corrected chi connectivity index (χ2v) is 14.2. The van der Waals surface area contributed by atoms with Crippen molar-refractivity contribution >= 4 is 17.6 Å². The summed E-state index contributed by atoms with van der Waals surface area (Å²) in [5.41, 5.74) is 6.61. The van der Waals surface area contributed by atoms with E-state index in [0.29, 0.717) is 45.7 Å². The zero-order valence-electron chi connectivity index (χ0n) is 22.9. The topological polar surface area (TPSA) is 84.6 Å². The molecule has 1 aliphatic carbocycles. The van der Waals surface area contributed by atoms with Crippen molar-refractivity contribution < 1.29 is 26.6 Å². The quantitative estimate of drug-likeness (QED) is 0.222. The Kier molecular flexibility index (Phi) is 17.4. The second-order valence-electron chi connectivity index (χ2n) is 8.72. The first-order valence-electron chi connectivity index (χ1n) is 13.8. The van der Waals surface area contributed by atoms with Crippen molar-refractivity contribution in [3.8, 4) is 0 Å². The van der Waals surface area contributed by atoms with Crippen LogP contribution in [0.25, 0.3) is 0 Å². The number of rotatable bonds is 21. The fraction of sp³-hybridized carbons (Fsp3) is 1.00. The maximum atomic E-state index is 6.61. The molecule has 1 saturated carbocycles. The maximum Gasteiger partial charge on any atom is 0.500 e. The summed E-state index contributed by atoms with van der Waals surface area (Å²) < 4.78 is 36.4. The van der Waals surface area contributed by atoms with Crippen LogP contribution < -0.4 is 5.73 Å². The lowest BCUT2D eigenvalue weighted by Crippen LogP contribution is -2.52. The van der Waals surface area contributed by atoms with Gasteiger partial charge in [-0.25, -0.2) is 0 Å². The molecule has 204 valence electrons. The van der Waals surface area contributed by atoms with Gasteiger partial charge in [0.2, 0.25) is 0 Å². The van der Waals surface area contributed by atoms with E-state index >= 15 is 0 Å². The third kappa shape index (κ3) is 11.0. The highest BCUT2D eigenvalue weighted by molar-refractivity contribution is 6.61. The molecule has 0 aromatic heterocycles. The van der Waals surface area contributed by atoms with Gasteiger partial charge < -0.3 is 32.3 Å². The van der Waals surface area contributed by atoms with E-state index < -0.39 is 17.6 Å². The van der Waals surface area contributed by atoms with E-state index in [1.54, 1.807) is 0 Å². The van der Waals surface area contributed by atoms with Crippen molar-refractivity contribution in [3.05, 3.63) is 0 Å². The summed E-state index contributed by atoms with van der Waals surface area (Å²) in [5.74, 6) is 0. The fourth-order valence-electron chi connectivity index (χ4n) is 5.04. The number of nitrogens with two attached hydrogens (primary N) is 1. The molecule has 1 fully saturated rings. The smallest absolute Gasteiger partial charge is 0.374 e. The van der Waals surface area contributed by atoms with Crippen LogP contribution in [0, 0.1) is 0 Å². The van der Waals surface area contributed by atoms with E-state index in [-0.39, 0.29) is 6.04 Å². The molecule has 2 unspecified atom stereocenters. The minimum Gasteiger partial charge on any atom is -0.374 e. The standard InChI is InChI=1S/C24H54N2O6Si2/c1-7-27-33(28-8-2,29-9-3)21-15-19-26(24-18-14-13-17-23(24)25)20-16-22-34(30-10-4,31-11-5)32-12-6/h23-24H,7-22,25H2,1-6H3. The lowest BCUT2D eigenvalue weighted by atomic mass is 9.89. The highest BCUT2D eigenvalue weighted by Crippen LogP contribution is 2.26. The zero-order chi connectivity index (χ0) is 25.3. The Labute approximate surface area is 211 Å². The minimum atomic E-state index is -2.63. The first-order chi connectivity index (χ1) is 16.4. The molecule has 2 N–H and O–H groups in total. The SMILES string of the molecule is CCO[Si](CCCN(CCC[Si](OCC)(OCC)OCC)C1CCCCC1N)(OCC)OCC. The van der Waals surface area contributed by atoms with E-state index in [4.69, 9.17) is 32.3 Å². The van der Waals surface area contributed by atoms with Gasteiger partial charge in [-0.15, -0.1) is 0 Å². The van der Waals surface area contributed by atoms with Gasteiger partial charge in [0.1, 0.15) is 0 Å². The summed E-state index contributed by atoms with van der Waals surface area (Å²) in [6.45, 7) is 17.7. The summed E-state index contributed by atoms with van der Waals surface area (Å²) in [6, 6.07) is 2.31. The number of hydrogen-bond donors (Lipinski definition) is 1. The molecule has 0 amide bonds. The summed E-state index contributed by atoms with van der Waals surface area (Å²) in [7, 11) is -5.27. The highest BCUT2D eigenvalue weighted by Gasteiger charge is 2.41. The average Bonchev–Trinajstić information content (AvgIpc) is 2.80. The van der Waals surface area contributed by atoms with Crippen LogP contribution in [0.3, 0.4) is 0 Å². The molecule has 2 atom stereocenters. The Morgan fingerprint density at radius 1 is 0.618 bits per heavy atom. The van der Waals surface area contributed by atoms with Gasteiger partial charge in [0, 0.05) is 63.8 Å². The molecule has 1 aliphatic rings. The van der Waals surface area contributed by atoms with Gasteiger partial charge in [-0.05, 0) is 80.3 Å². The van der Waals surface area contributed by atoms with Crippen LogP contribution in [0.2, 0.25) is 12.1 Å². The fourth-order valence-corrected chi connectivity index (χ4v) is 10.2. The third-order valence-corrected chi connectivity index (χ3v) is 12.6. The normalized spacial score (nSPS) is 19.8. The van der Waals surface area contributed by atoms with Crippen LogP contribution >= 0.6 is 0 Å². The van der Waals surface area contributed by atoms with Gasteiger partial charge in [0.15, 0.2) is 0 Å².